The zero-order valence-electron chi connectivity index (χ0n) is 18.4. The molecule has 186 valence electrons. The van der Waals surface area contributed by atoms with Crippen molar-refractivity contribution in [1.29, 1.82) is 10.5 Å². The van der Waals surface area contributed by atoms with Gasteiger partial charge in [0.1, 0.15) is 29.3 Å². The van der Waals surface area contributed by atoms with Crippen molar-refractivity contribution in [1.82, 2.24) is 10.3 Å². The fraction of sp³-hybridized carbons (Fsp3) is 0.0909. The normalized spacial score (nSPS) is 14.4. The Hall–Kier alpha value is -5.02. The van der Waals surface area contributed by atoms with Gasteiger partial charge in [-0.1, -0.05) is 23.9 Å². The number of hydrogen-bond acceptors (Lipinski definition) is 11. The molecule has 11 nitrogen and oxygen atoms in total. The second-order valence-corrected chi connectivity index (χ2v) is 8.63. The predicted molar refractivity (Wildman–Crippen MR) is 128 cm³/mol. The lowest BCUT2D eigenvalue weighted by Gasteiger charge is -2.26. The summed E-state index contributed by atoms with van der Waals surface area (Å²) in [6.07, 6.45) is -2.87. The van der Waals surface area contributed by atoms with Crippen LogP contribution in [0.5, 0.6) is 0 Å². The zero-order valence-corrected chi connectivity index (χ0v) is 19.2. The van der Waals surface area contributed by atoms with Crippen molar-refractivity contribution in [2.75, 3.05) is 16.8 Å². The number of nitro benzene ring substituents is 1. The first-order valence-corrected chi connectivity index (χ1v) is 11.0. The highest BCUT2D eigenvalue weighted by molar-refractivity contribution is 7.99. The van der Waals surface area contributed by atoms with E-state index in [-0.39, 0.29) is 49.8 Å². The summed E-state index contributed by atoms with van der Waals surface area (Å²) in [6, 6.07) is 9.31. The van der Waals surface area contributed by atoms with Gasteiger partial charge in [-0.15, -0.1) is 0 Å². The van der Waals surface area contributed by atoms with E-state index in [0.717, 1.165) is 23.9 Å². The number of hydrogen-bond donors (Lipinski definition) is 4. The number of nitrogens with two attached hydrogens (primary N) is 2. The van der Waals surface area contributed by atoms with Crippen LogP contribution in [-0.4, -0.2) is 15.9 Å². The van der Waals surface area contributed by atoms with Crippen molar-refractivity contribution in [3.63, 3.8) is 0 Å². The highest BCUT2D eigenvalue weighted by Crippen LogP contribution is 2.43. The van der Waals surface area contributed by atoms with E-state index in [0.29, 0.717) is 0 Å². The number of nitriles is 2. The molecule has 15 heteroatoms. The summed E-state index contributed by atoms with van der Waals surface area (Å²) in [5, 5.41) is 35.4. The van der Waals surface area contributed by atoms with Gasteiger partial charge in [0.25, 0.3) is 5.69 Å². The topological polar surface area (TPSA) is 192 Å². The summed E-state index contributed by atoms with van der Waals surface area (Å²) >= 11 is 0.792. The zero-order chi connectivity index (χ0) is 26.9. The second kappa shape index (κ2) is 9.56. The molecule has 4 rings (SSSR count). The van der Waals surface area contributed by atoms with E-state index in [9.17, 15) is 28.5 Å². The van der Waals surface area contributed by atoms with Gasteiger partial charge in [0.2, 0.25) is 5.96 Å². The van der Waals surface area contributed by atoms with Crippen molar-refractivity contribution in [2.24, 2.45) is 4.99 Å². The molecule has 0 saturated carbocycles. The first-order chi connectivity index (χ1) is 17.5. The van der Waals surface area contributed by atoms with Crippen molar-refractivity contribution in [3.05, 3.63) is 74.8 Å². The molecule has 1 atom stereocenters. The number of pyridine rings is 1. The van der Waals surface area contributed by atoms with Crippen LogP contribution < -0.4 is 22.1 Å². The lowest BCUT2D eigenvalue weighted by atomic mass is 9.95. The van der Waals surface area contributed by atoms with E-state index in [1.807, 2.05) is 6.07 Å². The molecule has 0 radical (unpaired) electrons. The summed E-state index contributed by atoms with van der Waals surface area (Å²) < 4.78 is 39.3. The Morgan fingerprint density at radius 1 is 1.19 bits per heavy atom. The molecule has 0 fully saturated rings. The maximum Gasteiger partial charge on any atom is 0.416 e. The summed E-state index contributed by atoms with van der Waals surface area (Å²) in [5.41, 5.74) is 11.0. The van der Waals surface area contributed by atoms with Crippen LogP contribution in [0.3, 0.4) is 0 Å². The number of benzene rings is 2. The van der Waals surface area contributed by atoms with Gasteiger partial charge >= 0.3 is 6.18 Å². The number of aliphatic imine (C=N–C) groups is 1. The van der Waals surface area contributed by atoms with Crippen LogP contribution in [-0.2, 0) is 6.18 Å². The van der Waals surface area contributed by atoms with E-state index in [1.54, 1.807) is 6.19 Å². The number of nitrogen functional groups attached to an aromatic ring is 2. The van der Waals surface area contributed by atoms with E-state index < -0.39 is 28.4 Å². The Kier molecular flexibility index (Phi) is 6.48. The Morgan fingerprint density at radius 3 is 2.59 bits per heavy atom. The minimum atomic E-state index is -4.57. The fourth-order valence-electron chi connectivity index (χ4n) is 3.62. The molecule has 1 aliphatic rings. The van der Waals surface area contributed by atoms with Crippen LogP contribution in [0.4, 0.5) is 36.2 Å². The molecule has 0 spiro atoms. The molecule has 0 aliphatic carbocycles. The highest BCUT2D eigenvalue weighted by Gasteiger charge is 2.32. The lowest BCUT2D eigenvalue weighted by molar-refractivity contribution is -0.387. The second-order valence-electron chi connectivity index (χ2n) is 7.51. The van der Waals surface area contributed by atoms with Crippen molar-refractivity contribution >= 4 is 40.7 Å². The summed E-state index contributed by atoms with van der Waals surface area (Å²) in [5.74, 6) is -0.111. The molecule has 0 amide bonds. The smallest absolute Gasteiger partial charge is 0.397 e. The molecule has 1 unspecified atom stereocenters. The maximum atomic E-state index is 13.1. The Morgan fingerprint density at radius 2 is 1.95 bits per heavy atom. The number of alkyl halides is 3. The third kappa shape index (κ3) is 4.89. The number of anilines is 3. The average Bonchev–Trinajstić information content (AvgIpc) is 2.83. The molecular weight excluding hydrogens is 511 g/mol. The standard InChI is InChI=1S/C22H14F3N9O2S/c23-22(24,25)11-2-1-3-12(7-11)37-15-5-4-10(6-14(15)34(35)36)18-16-17(28)13(8-26)19(29)32-20(16)33-21(31-18)30-9-27/h1-7,18H,(H6,28,29,30,31,32,33). The largest absolute Gasteiger partial charge is 0.416 e. The fourth-order valence-corrected chi connectivity index (χ4v) is 4.58. The Balaban J connectivity index is 1.82. The monoisotopic (exact) mass is 525 g/mol. The van der Waals surface area contributed by atoms with Gasteiger partial charge in [-0.25, -0.2) is 9.98 Å². The van der Waals surface area contributed by atoms with Crippen LogP contribution in [0, 0.1) is 32.9 Å². The van der Waals surface area contributed by atoms with Gasteiger partial charge in [-0.05, 0) is 29.8 Å². The Bertz CT molecular complexity index is 1540. The third-order valence-corrected chi connectivity index (χ3v) is 6.30. The van der Waals surface area contributed by atoms with Gasteiger partial charge in [-0.3, -0.25) is 15.4 Å². The van der Waals surface area contributed by atoms with Crippen molar-refractivity contribution in [3.8, 4) is 12.3 Å². The molecule has 0 bridgehead atoms. The number of fused-ring (bicyclic) bond motifs is 1. The number of halogens is 3. The Labute approximate surface area is 210 Å². The van der Waals surface area contributed by atoms with Gasteiger partial charge in [0.15, 0.2) is 6.19 Å². The molecule has 37 heavy (non-hydrogen) atoms. The first kappa shape index (κ1) is 25.1. The van der Waals surface area contributed by atoms with Crippen LogP contribution in [0.1, 0.15) is 28.3 Å². The third-order valence-electron chi connectivity index (χ3n) is 5.24. The van der Waals surface area contributed by atoms with Crippen LogP contribution >= 0.6 is 11.8 Å². The van der Waals surface area contributed by atoms with E-state index >= 15 is 0 Å². The molecule has 0 saturated heterocycles. The van der Waals surface area contributed by atoms with E-state index in [1.165, 1.54) is 30.3 Å². The van der Waals surface area contributed by atoms with Crippen molar-refractivity contribution in [2.45, 2.75) is 22.0 Å². The molecule has 6 N–H and O–H groups in total. The number of guanidine groups is 1. The van der Waals surface area contributed by atoms with Crippen molar-refractivity contribution < 1.29 is 18.1 Å². The van der Waals surface area contributed by atoms with Gasteiger partial charge in [-0.2, -0.15) is 23.7 Å². The minimum Gasteiger partial charge on any atom is -0.397 e. The molecule has 2 aromatic carbocycles. The average molecular weight is 525 g/mol. The highest BCUT2D eigenvalue weighted by atomic mass is 32.2. The van der Waals surface area contributed by atoms with Gasteiger partial charge in [0.05, 0.1) is 21.1 Å². The van der Waals surface area contributed by atoms with Gasteiger partial charge in [0, 0.05) is 16.5 Å². The lowest BCUT2D eigenvalue weighted by Crippen LogP contribution is -2.32. The quantitative estimate of drug-likeness (QED) is 0.166. The first-order valence-electron chi connectivity index (χ1n) is 10.2. The SMILES string of the molecule is N#CNC1=NC(c2ccc(Sc3cccc(C(F)(F)F)c3)c([N+](=O)[O-])c2)c2c(nc(N)c(C#N)c2N)N1. The number of aromatic nitrogens is 1. The minimum absolute atomic E-state index is 0.0407. The maximum absolute atomic E-state index is 13.1. The van der Waals surface area contributed by atoms with E-state index in [2.05, 4.69) is 20.6 Å². The van der Waals surface area contributed by atoms with Crippen LogP contribution in [0.25, 0.3) is 0 Å². The molecule has 2 heterocycles. The summed E-state index contributed by atoms with van der Waals surface area (Å²) in [7, 11) is 0. The summed E-state index contributed by atoms with van der Waals surface area (Å²) in [4.78, 5) is 19.9. The van der Waals surface area contributed by atoms with Gasteiger partial charge < -0.3 is 16.8 Å². The van der Waals surface area contributed by atoms with E-state index in [4.69, 9.17) is 16.7 Å². The number of rotatable bonds is 4. The van der Waals surface area contributed by atoms with Crippen LogP contribution in [0.15, 0.2) is 57.2 Å². The van der Waals surface area contributed by atoms with Crippen LogP contribution in [0.2, 0.25) is 0 Å². The number of nitro groups is 1. The number of nitrogens with zero attached hydrogens (tertiary/aromatic N) is 5. The summed E-state index contributed by atoms with van der Waals surface area (Å²) in [6.45, 7) is 0. The predicted octanol–water partition coefficient (Wildman–Crippen LogP) is 4.14. The molecular formula is C22H14F3N9O2S. The molecule has 1 aliphatic heterocycles. The molecule has 1 aromatic heterocycles. The molecule has 3 aromatic rings. The number of nitrogens with one attached hydrogen (secondary N) is 2.